The van der Waals surface area contributed by atoms with E-state index < -0.39 is 12.2 Å². The van der Waals surface area contributed by atoms with Crippen LogP contribution < -0.4 is 5.32 Å². The van der Waals surface area contributed by atoms with Gasteiger partial charge >= 0.3 is 0 Å². The summed E-state index contributed by atoms with van der Waals surface area (Å²) in [5.41, 5.74) is 1.52. The van der Waals surface area contributed by atoms with Crippen molar-refractivity contribution in [3.05, 3.63) is 53.1 Å². The summed E-state index contributed by atoms with van der Waals surface area (Å²) in [4.78, 5) is 4.33. The highest BCUT2D eigenvalue weighted by Crippen LogP contribution is 2.39. The zero-order valence-corrected chi connectivity index (χ0v) is 14.7. The van der Waals surface area contributed by atoms with Crippen LogP contribution in [0.3, 0.4) is 0 Å². The minimum absolute atomic E-state index is 0.316. The van der Waals surface area contributed by atoms with Crippen LogP contribution in [0, 0.1) is 0 Å². The van der Waals surface area contributed by atoms with Gasteiger partial charge in [-0.25, -0.2) is 4.98 Å². The van der Waals surface area contributed by atoms with E-state index in [2.05, 4.69) is 20.5 Å². The van der Waals surface area contributed by atoms with Crippen LogP contribution in [0.25, 0.3) is 5.65 Å². The first-order valence-corrected chi connectivity index (χ1v) is 9.22. The van der Waals surface area contributed by atoms with E-state index in [0.717, 1.165) is 5.56 Å². The van der Waals surface area contributed by atoms with Gasteiger partial charge in [0, 0.05) is 29.7 Å². The molecule has 1 fully saturated rings. The average Bonchev–Trinajstić information content (AvgIpc) is 3.18. The molecular weight excluding hydrogens is 362 g/mol. The van der Waals surface area contributed by atoms with Gasteiger partial charge in [0.1, 0.15) is 0 Å². The number of nitrogens with zero attached hydrogens (tertiary/aromatic N) is 4. The number of halogens is 1. The molecular formula is C16H16ClN5O2S. The lowest BCUT2D eigenvalue weighted by molar-refractivity contribution is 0.0404. The summed E-state index contributed by atoms with van der Waals surface area (Å²) in [5.74, 6) is 1.66. The summed E-state index contributed by atoms with van der Waals surface area (Å²) < 4.78 is 1.79. The van der Waals surface area contributed by atoms with Gasteiger partial charge in [-0.2, -0.15) is 0 Å². The van der Waals surface area contributed by atoms with Gasteiger partial charge in [-0.1, -0.05) is 29.8 Å². The first kappa shape index (κ1) is 16.6. The maximum atomic E-state index is 10.1. The van der Waals surface area contributed by atoms with Crippen LogP contribution in [-0.2, 0) is 6.54 Å². The van der Waals surface area contributed by atoms with E-state index in [1.54, 1.807) is 16.8 Å². The van der Waals surface area contributed by atoms with Crippen molar-refractivity contribution >= 4 is 34.8 Å². The van der Waals surface area contributed by atoms with Gasteiger partial charge < -0.3 is 15.5 Å². The van der Waals surface area contributed by atoms with Gasteiger partial charge in [-0.05, 0) is 11.6 Å². The van der Waals surface area contributed by atoms with Crippen molar-refractivity contribution in [2.24, 2.45) is 0 Å². The van der Waals surface area contributed by atoms with E-state index in [-0.39, 0.29) is 5.25 Å². The number of aliphatic hydroxyl groups excluding tert-OH is 2. The van der Waals surface area contributed by atoms with Crippen molar-refractivity contribution in [1.29, 1.82) is 0 Å². The molecule has 7 nitrogen and oxygen atoms in total. The van der Waals surface area contributed by atoms with E-state index in [9.17, 15) is 10.2 Å². The molecule has 1 aliphatic rings. The van der Waals surface area contributed by atoms with Crippen LogP contribution in [0.4, 0.5) is 5.82 Å². The van der Waals surface area contributed by atoms with Gasteiger partial charge in [0.25, 0.3) is 0 Å². The van der Waals surface area contributed by atoms with Crippen molar-refractivity contribution in [1.82, 2.24) is 19.6 Å². The number of aliphatic hydroxyl groups is 2. The molecule has 3 atom stereocenters. The van der Waals surface area contributed by atoms with Crippen LogP contribution in [0.15, 0.2) is 36.7 Å². The SMILES string of the molecule is O[C@@H]1[C@H](O)CS[C@H]1c1nnc2c(NCc3ccccc3Cl)nccn12. The van der Waals surface area contributed by atoms with E-state index in [0.29, 0.717) is 34.6 Å². The van der Waals surface area contributed by atoms with E-state index >= 15 is 0 Å². The fraction of sp³-hybridized carbons (Fsp3) is 0.312. The summed E-state index contributed by atoms with van der Waals surface area (Å²) >= 11 is 7.65. The molecule has 0 aliphatic carbocycles. The van der Waals surface area contributed by atoms with E-state index in [1.807, 2.05) is 24.3 Å². The average molecular weight is 378 g/mol. The molecule has 0 amide bonds. The Hall–Kier alpha value is -1.87. The smallest absolute Gasteiger partial charge is 0.203 e. The zero-order valence-electron chi connectivity index (χ0n) is 13.1. The van der Waals surface area contributed by atoms with Gasteiger partial charge in [0.2, 0.25) is 5.65 Å². The van der Waals surface area contributed by atoms with Crippen LogP contribution in [0.2, 0.25) is 5.02 Å². The van der Waals surface area contributed by atoms with Crippen LogP contribution in [0.1, 0.15) is 16.6 Å². The second kappa shape index (κ2) is 6.80. The highest BCUT2D eigenvalue weighted by molar-refractivity contribution is 7.99. The summed E-state index contributed by atoms with van der Waals surface area (Å²) in [7, 11) is 0. The minimum atomic E-state index is -0.856. The Bertz CT molecular complexity index is 905. The molecule has 25 heavy (non-hydrogen) atoms. The Labute approximate surface area is 153 Å². The van der Waals surface area contributed by atoms with Crippen molar-refractivity contribution in [2.75, 3.05) is 11.1 Å². The van der Waals surface area contributed by atoms with Gasteiger partial charge in [-0.15, -0.1) is 22.0 Å². The molecule has 3 heterocycles. The normalized spacial score (nSPS) is 23.2. The number of thioether (sulfide) groups is 1. The molecule has 0 radical (unpaired) electrons. The third kappa shape index (κ3) is 3.06. The predicted molar refractivity (Wildman–Crippen MR) is 96.8 cm³/mol. The second-order valence-corrected chi connectivity index (χ2v) is 7.37. The maximum Gasteiger partial charge on any atom is 0.203 e. The fourth-order valence-electron chi connectivity index (χ4n) is 2.81. The topological polar surface area (TPSA) is 95.6 Å². The van der Waals surface area contributed by atoms with Gasteiger partial charge in [0.05, 0.1) is 17.5 Å². The number of fused-ring (bicyclic) bond motifs is 1. The molecule has 0 saturated carbocycles. The quantitative estimate of drug-likeness (QED) is 0.639. The molecule has 130 valence electrons. The number of nitrogens with one attached hydrogen (secondary N) is 1. The highest BCUT2D eigenvalue weighted by Gasteiger charge is 2.38. The molecule has 0 bridgehead atoms. The molecule has 3 aromatic rings. The molecule has 0 unspecified atom stereocenters. The van der Waals surface area contributed by atoms with Crippen LogP contribution >= 0.6 is 23.4 Å². The lowest BCUT2D eigenvalue weighted by Gasteiger charge is -2.14. The Kier molecular flexibility index (Phi) is 4.51. The number of benzene rings is 1. The lowest BCUT2D eigenvalue weighted by atomic mass is 10.1. The minimum Gasteiger partial charge on any atom is -0.390 e. The number of rotatable bonds is 4. The molecule has 2 aromatic heterocycles. The lowest BCUT2D eigenvalue weighted by Crippen LogP contribution is -2.25. The number of anilines is 1. The molecule has 0 spiro atoms. The molecule has 3 N–H and O–H groups in total. The van der Waals surface area contributed by atoms with Gasteiger partial charge in [-0.3, -0.25) is 4.40 Å². The molecule has 1 saturated heterocycles. The molecule has 1 aromatic carbocycles. The van der Waals surface area contributed by atoms with Gasteiger partial charge in [0.15, 0.2) is 11.6 Å². The Balaban J connectivity index is 1.62. The Morgan fingerprint density at radius 2 is 2.12 bits per heavy atom. The van der Waals surface area contributed by atoms with Crippen molar-refractivity contribution < 1.29 is 10.2 Å². The summed E-state index contributed by atoms with van der Waals surface area (Å²) in [6.07, 6.45) is 1.80. The van der Waals surface area contributed by atoms with Crippen molar-refractivity contribution in [2.45, 2.75) is 24.0 Å². The number of hydrogen-bond acceptors (Lipinski definition) is 7. The highest BCUT2D eigenvalue weighted by atomic mass is 35.5. The zero-order chi connectivity index (χ0) is 17.4. The van der Waals surface area contributed by atoms with Crippen molar-refractivity contribution in [3.63, 3.8) is 0 Å². The number of hydrogen-bond donors (Lipinski definition) is 3. The first-order chi connectivity index (χ1) is 12.1. The molecule has 4 rings (SSSR count). The van der Waals surface area contributed by atoms with E-state index in [1.165, 1.54) is 11.8 Å². The third-order valence-electron chi connectivity index (χ3n) is 4.16. The summed E-state index contributed by atoms with van der Waals surface area (Å²) in [6, 6.07) is 7.59. The van der Waals surface area contributed by atoms with Crippen molar-refractivity contribution in [3.8, 4) is 0 Å². The predicted octanol–water partition coefficient (Wildman–Crippen LogP) is 1.90. The third-order valence-corrected chi connectivity index (χ3v) is 5.91. The maximum absolute atomic E-state index is 10.1. The second-order valence-electron chi connectivity index (χ2n) is 5.78. The Morgan fingerprint density at radius 3 is 2.88 bits per heavy atom. The summed E-state index contributed by atoms with van der Waals surface area (Å²) in [6.45, 7) is 0.508. The largest absolute Gasteiger partial charge is 0.390 e. The fourth-order valence-corrected chi connectivity index (χ4v) is 4.30. The monoisotopic (exact) mass is 377 g/mol. The van der Waals surface area contributed by atoms with E-state index in [4.69, 9.17) is 11.6 Å². The molecule has 1 aliphatic heterocycles. The number of aromatic nitrogens is 4. The van der Waals surface area contributed by atoms with Crippen LogP contribution in [0.5, 0.6) is 0 Å². The summed E-state index contributed by atoms with van der Waals surface area (Å²) in [5, 5.41) is 31.9. The molecule has 9 heteroatoms. The Morgan fingerprint density at radius 1 is 1.28 bits per heavy atom. The first-order valence-electron chi connectivity index (χ1n) is 7.80. The standard InChI is InChI=1S/C16H16ClN5O2S/c17-10-4-2-1-3-9(10)7-19-14-16-21-20-15(22(16)6-5-18-14)13-12(24)11(23)8-25-13/h1-6,11-13,23-24H,7-8H2,(H,18,19)/t11-,12-,13-/m1/s1. The van der Waals surface area contributed by atoms with Crippen LogP contribution in [-0.4, -0.2) is 47.8 Å².